The molecule has 3 rings (SSSR count). The van der Waals surface area contributed by atoms with E-state index in [1.807, 2.05) is 41.3 Å². The third-order valence-electron chi connectivity index (χ3n) is 4.77. The SMILES string of the molecule is Cc1ccc(Br)cc1S(=O)(=O)NC1CCN(CC(=O)Nc2ccccc2)CC1. The molecule has 0 unspecified atom stereocenters. The van der Waals surface area contributed by atoms with Gasteiger partial charge in [0.15, 0.2) is 0 Å². The van der Waals surface area contributed by atoms with Crippen LogP contribution in [0.4, 0.5) is 5.69 Å². The number of sulfonamides is 1. The van der Waals surface area contributed by atoms with Crippen molar-refractivity contribution < 1.29 is 13.2 Å². The van der Waals surface area contributed by atoms with Gasteiger partial charge in [-0.15, -0.1) is 0 Å². The predicted octanol–water partition coefficient (Wildman–Crippen LogP) is 3.14. The Labute approximate surface area is 174 Å². The Morgan fingerprint density at radius 2 is 1.82 bits per heavy atom. The predicted molar refractivity (Wildman–Crippen MR) is 114 cm³/mol. The molecule has 1 heterocycles. The van der Waals surface area contributed by atoms with Gasteiger partial charge in [0, 0.05) is 29.3 Å². The highest BCUT2D eigenvalue weighted by Crippen LogP contribution is 2.22. The summed E-state index contributed by atoms with van der Waals surface area (Å²) in [6, 6.07) is 14.5. The maximum Gasteiger partial charge on any atom is 0.241 e. The molecule has 0 saturated carbocycles. The standard InChI is InChI=1S/C20H24BrN3O3S/c1-15-7-8-16(21)13-19(15)28(26,27)23-18-9-11-24(12-10-18)14-20(25)22-17-5-3-2-4-6-17/h2-8,13,18,23H,9-12,14H2,1H3,(H,22,25). The molecule has 1 saturated heterocycles. The lowest BCUT2D eigenvalue weighted by Gasteiger charge is -2.31. The Kier molecular flexibility index (Phi) is 6.87. The van der Waals surface area contributed by atoms with Crippen molar-refractivity contribution in [2.75, 3.05) is 25.0 Å². The number of anilines is 1. The quantitative estimate of drug-likeness (QED) is 0.686. The van der Waals surface area contributed by atoms with Crippen LogP contribution in [0.5, 0.6) is 0 Å². The van der Waals surface area contributed by atoms with E-state index in [0.717, 1.165) is 10.2 Å². The van der Waals surface area contributed by atoms with Gasteiger partial charge in [0.1, 0.15) is 0 Å². The van der Waals surface area contributed by atoms with Crippen molar-refractivity contribution in [3.8, 4) is 0 Å². The fourth-order valence-corrected chi connectivity index (χ4v) is 5.37. The molecule has 28 heavy (non-hydrogen) atoms. The number of nitrogens with one attached hydrogen (secondary N) is 2. The molecule has 1 aliphatic rings. The molecule has 0 bridgehead atoms. The number of aryl methyl sites for hydroxylation is 1. The molecule has 2 aromatic rings. The van der Waals surface area contributed by atoms with Gasteiger partial charge in [-0.1, -0.05) is 40.2 Å². The summed E-state index contributed by atoms with van der Waals surface area (Å²) in [6.07, 6.45) is 1.34. The molecule has 6 nitrogen and oxygen atoms in total. The van der Waals surface area contributed by atoms with Crippen LogP contribution in [0.25, 0.3) is 0 Å². The van der Waals surface area contributed by atoms with Crippen molar-refractivity contribution in [2.45, 2.75) is 30.7 Å². The summed E-state index contributed by atoms with van der Waals surface area (Å²) in [4.78, 5) is 14.5. The summed E-state index contributed by atoms with van der Waals surface area (Å²) in [5, 5.41) is 2.88. The van der Waals surface area contributed by atoms with Crippen molar-refractivity contribution in [3.63, 3.8) is 0 Å². The van der Waals surface area contributed by atoms with Gasteiger partial charge < -0.3 is 5.32 Å². The van der Waals surface area contributed by atoms with Crippen molar-refractivity contribution in [1.29, 1.82) is 0 Å². The number of carbonyl (C=O) groups is 1. The lowest BCUT2D eigenvalue weighted by atomic mass is 10.1. The van der Waals surface area contributed by atoms with Crippen LogP contribution in [0.15, 0.2) is 57.9 Å². The summed E-state index contributed by atoms with van der Waals surface area (Å²) in [7, 11) is -3.57. The molecule has 2 aromatic carbocycles. The molecule has 0 radical (unpaired) electrons. The summed E-state index contributed by atoms with van der Waals surface area (Å²) in [6.45, 7) is 3.44. The van der Waals surface area contributed by atoms with E-state index in [1.165, 1.54) is 0 Å². The summed E-state index contributed by atoms with van der Waals surface area (Å²) in [5.74, 6) is -0.0602. The lowest BCUT2D eigenvalue weighted by molar-refractivity contribution is -0.117. The first-order valence-electron chi connectivity index (χ1n) is 9.19. The minimum Gasteiger partial charge on any atom is -0.325 e. The Hall–Kier alpha value is -1.74. The van der Waals surface area contributed by atoms with Crippen LogP contribution >= 0.6 is 15.9 Å². The van der Waals surface area contributed by atoms with E-state index >= 15 is 0 Å². The second-order valence-corrected chi connectivity index (χ2v) is 9.59. The highest BCUT2D eigenvalue weighted by molar-refractivity contribution is 9.10. The first-order valence-corrected chi connectivity index (χ1v) is 11.5. The Morgan fingerprint density at radius 3 is 2.50 bits per heavy atom. The van der Waals surface area contributed by atoms with Gasteiger partial charge in [0.25, 0.3) is 0 Å². The van der Waals surface area contributed by atoms with Crippen LogP contribution in [0.1, 0.15) is 18.4 Å². The van der Waals surface area contributed by atoms with E-state index in [2.05, 4.69) is 26.0 Å². The molecular weight excluding hydrogens is 442 g/mol. The third-order valence-corrected chi connectivity index (χ3v) is 6.93. The van der Waals surface area contributed by atoms with Crippen molar-refractivity contribution in [3.05, 3.63) is 58.6 Å². The first-order chi connectivity index (χ1) is 13.3. The Balaban J connectivity index is 1.51. The number of nitrogens with zero attached hydrogens (tertiary/aromatic N) is 1. The van der Waals surface area contributed by atoms with E-state index in [0.29, 0.717) is 42.9 Å². The number of para-hydroxylation sites is 1. The van der Waals surface area contributed by atoms with Crippen LogP contribution in [0.2, 0.25) is 0 Å². The summed E-state index contributed by atoms with van der Waals surface area (Å²) in [5.41, 5.74) is 1.49. The fraction of sp³-hybridized carbons (Fsp3) is 0.350. The van der Waals surface area contributed by atoms with Crippen LogP contribution in [0.3, 0.4) is 0 Å². The zero-order chi connectivity index (χ0) is 20.1. The van der Waals surface area contributed by atoms with E-state index in [1.54, 1.807) is 19.1 Å². The van der Waals surface area contributed by atoms with Crippen molar-refractivity contribution in [1.82, 2.24) is 9.62 Å². The third kappa shape index (κ3) is 5.64. The number of carbonyl (C=O) groups excluding carboxylic acids is 1. The largest absolute Gasteiger partial charge is 0.325 e. The molecule has 2 N–H and O–H groups in total. The zero-order valence-corrected chi connectivity index (χ0v) is 18.1. The van der Waals surface area contributed by atoms with E-state index in [4.69, 9.17) is 0 Å². The highest BCUT2D eigenvalue weighted by Gasteiger charge is 2.26. The van der Waals surface area contributed by atoms with Crippen LogP contribution in [0, 0.1) is 6.92 Å². The van der Waals surface area contributed by atoms with E-state index in [-0.39, 0.29) is 11.9 Å². The number of benzene rings is 2. The number of amides is 1. The topological polar surface area (TPSA) is 78.5 Å². The monoisotopic (exact) mass is 465 g/mol. The van der Waals surface area contributed by atoms with Gasteiger partial charge in [-0.3, -0.25) is 9.69 Å². The second kappa shape index (κ2) is 9.17. The normalized spacial score (nSPS) is 16.1. The molecular formula is C20H24BrN3O3S. The van der Waals surface area contributed by atoms with Gasteiger partial charge in [-0.25, -0.2) is 13.1 Å². The molecule has 0 spiro atoms. The summed E-state index contributed by atoms with van der Waals surface area (Å²) < 4.78 is 29.0. The maximum absolute atomic E-state index is 12.7. The Morgan fingerprint density at radius 1 is 1.14 bits per heavy atom. The lowest BCUT2D eigenvalue weighted by Crippen LogP contribution is -2.46. The number of likely N-dealkylation sites (tertiary alicyclic amines) is 1. The van der Waals surface area contributed by atoms with Crippen molar-refractivity contribution >= 4 is 37.5 Å². The van der Waals surface area contributed by atoms with Crippen LogP contribution in [-0.4, -0.2) is 44.9 Å². The van der Waals surface area contributed by atoms with E-state index in [9.17, 15) is 13.2 Å². The van der Waals surface area contributed by atoms with Gasteiger partial charge in [-0.2, -0.15) is 0 Å². The molecule has 0 aliphatic carbocycles. The average Bonchev–Trinajstić information content (AvgIpc) is 2.66. The maximum atomic E-state index is 12.7. The molecule has 150 valence electrons. The Bertz CT molecular complexity index is 927. The molecule has 8 heteroatoms. The van der Waals surface area contributed by atoms with Gasteiger partial charge in [0.2, 0.25) is 15.9 Å². The van der Waals surface area contributed by atoms with Gasteiger partial charge in [-0.05, 0) is 49.6 Å². The average molecular weight is 466 g/mol. The smallest absolute Gasteiger partial charge is 0.241 e. The second-order valence-electron chi connectivity index (χ2n) is 7.00. The number of piperidine rings is 1. The number of rotatable bonds is 6. The minimum atomic E-state index is -3.57. The van der Waals surface area contributed by atoms with Crippen LogP contribution < -0.4 is 10.0 Å². The highest BCUT2D eigenvalue weighted by atomic mass is 79.9. The molecule has 1 fully saturated rings. The number of hydrogen-bond acceptors (Lipinski definition) is 4. The number of hydrogen-bond donors (Lipinski definition) is 2. The molecule has 0 aromatic heterocycles. The van der Waals surface area contributed by atoms with Crippen LogP contribution in [-0.2, 0) is 14.8 Å². The van der Waals surface area contributed by atoms with Crippen molar-refractivity contribution in [2.24, 2.45) is 0 Å². The zero-order valence-electron chi connectivity index (χ0n) is 15.7. The summed E-state index contributed by atoms with van der Waals surface area (Å²) >= 11 is 3.33. The first kappa shape index (κ1) is 21.0. The van der Waals surface area contributed by atoms with E-state index < -0.39 is 10.0 Å². The van der Waals surface area contributed by atoms with Gasteiger partial charge >= 0.3 is 0 Å². The minimum absolute atomic E-state index is 0.0602. The fourth-order valence-electron chi connectivity index (χ4n) is 3.28. The molecule has 0 atom stereocenters. The van der Waals surface area contributed by atoms with Gasteiger partial charge in [0.05, 0.1) is 11.4 Å². The molecule has 1 aliphatic heterocycles. The molecule has 1 amide bonds. The number of halogens is 1.